The van der Waals surface area contributed by atoms with Gasteiger partial charge < -0.3 is 37.2 Å². The molecule has 0 aliphatic carbocycles. The van der Waals surface area contributed by atoms with Gasteiger partial charge in [-0.3, -0.25) is 14.4 Å². The van der Waals surface area contributed by atoms with E-state index in [9.17, 15) is 29.4 Å². The number of aliphatic hydroxyl groups is 1. The van der Waals surface area contributed by atoms with Crippen LogP contribution in [0.5, 0.6) is 0 Å². The number of nitrogens with two attached hydrogens (primary N) is 2. The van der Waals surface area contributed by atoms with Gasteiger partial charge in [0.15, 0.2) is 0 Å². The first kappa shape index (κ1) is 24.8. The molecule has 0 saturated carbocycles. The third-order valence-corrected chi connectivity index (χ3v) is 4.92. The summed E-state index contributed by atoms with van der Waals surface area (Å²) in [4.78, 5) is 49.7. The number of nitrogens with one attached hydrogen (secondary N) is 2. The average molecular weight is 415 g/mol. The van der Waals surface area contributed by atoms with Gasteiger partial charge in [-0.1, -0.05) is 6.42 Å². The van der Waals surface area contributed by atoms with E-state index in [1.807, 2.05) is 0 Å². The van der Waals surface area contributed by atoms with E-state index in [0.29, 0.717) is 38.8 Å². The third-order valence-electron chi connectivity index (χ3n) is 4.92. The number of aliphatic carboxylic acids is 1. The molecule has 0 aromatic heterocycles. The summed E-state index contributed by atoms with van der Waals surface area (Å²) in [7, 11) is 0. The molecule has 1 aliphatic heterocycles. The average Bonchev–Trinajstić information content (AvgIpc) is 3.14. The highest BCUT2D eigenvalue weighted by molar-refractivity contribution is 5.94. The van der Waals surface area contributed by atoms with Gasteiger partial charge >= 0.3 is 5.97 Å². The van der Waals surface area contributed by atoms with Crippen LogP contribution in [0.2, 0.25) is 0 Å². The maximum absolute atomic E-state index is 12.5. The van der Waals surface area contributed by atoms with Gasteiger partial charge in [-0.25, -0.2) is 4.79 Å². The zero-order valence-electron chi connectivity index (χ0n) is 17.0. The van der Waals surface area contributed by atoms with Gasteiger partial charge in [-0.15, -0.1) is 0 Å². The number of carboxylic acids is 1. The van der Waals surface area contributed by atoms with E-state index in [4.69, 9.17) is 11.5 Å². The fourth-order valence-corrected chi connectivity index (χ4v) is 3.21. The summed E-state index contributed by atoms with van der Waals surface area (Å²) in [5.74, 6) is -2.97. The minimum atomic E-state index is -1.30. The number of carbonyl (C=O) groups is 4. The van der Waals surface area contributed by atoms with Crippen LogP contribution in [0.4, 0.5) is 0 Å². The van der Waals surface area contributed by atoms with Gasteiger partial charge in [0, 0.05) is 6.54 Å². The summed E-state index contributed by atoms with van der Waals surface area (Å²) in [5, 5.41) is 24.0. The second-order valence-corrected chi connectivity index (χ2v) is 7.38. The number of nitrogens with zero attached hydrogens (tertiary/aromatic N) is 1. The van der Waals surface area contributed by atoms with E-state index in [1.54, 1.807) is 0 Å². The molecule has 8 N–H and O–H groups in total. The Kier molecular flexibility index (Phi) is 9.99. The summed E-state index contributed by atoms with van der Waals surface area (Å²) in [5.41, 5.74) is 11.2. The van der Waals surface area contributed by atoms with Crippen LogP contribution in [0, 0.1) is 0 Å². The number of carbonyl (C=O) groups excluding carboxylic acids is 3. The standard InChI is InChI=1S/C18H33N5O6/c1-10(17(27)23-9-5-7-13(23)18(28)29)21-16(26)14(11(2)24)22-15(25)12(20)6-3-4-8-19/h10-14,24H,3-9,19-20H2,1-2H3,(H,21,26)(H,22,25)(H,28,29). The van der Waals surface area contributed by atoms with Crippen molar-refractivity contribution in [2.24, 2.45) is 11.5 Å². The van der Waals surface area contributed by atoms with Crippen molar-refractivity contribution in [2.75, 3.05) is 13.1 Å². The van der Waals surface area contributed by atoms with Crippen LogP contribution in [-0.4, -0.2) is 82.2 Å². The summed E-state index contributed by atoms with van der Waals surface area (Å²) >= 11 is 0. The molecule has 5 unspecified atom stereocenters. The van der Waals surface area contributed by atoms with E-state index >= 15 is 0 Å². The molecule has 1 heterocycles. The second-order valence-electron chi connectivity index (χ2n) is 7.38. The normalized spacial score (nSPS) is 20.4. The molecule has 166 valence electrons. The number of hydrogen-bond donors (Lipinski definition) is 6. The Morgan fingerprint density at radius 2 is 1.79 bits per heavy atom. The molecular weight excluding hydrogens is 382 g/mol. The molecule has 3 amide bonds. The lowest BCUT2D eigenvalue weighted by Crippen LogP contribution is -2.59. The highest BCUT2D eigenvalue weighted by atomic mass is 16.4. The predicted octanol–water partition coefficient (Wildman–Crippen LogP) is -2.11. The fraction of sp³-hybridized carbons (Fsp3) is 0.778. The molecule has 0 bridgehead atoms. The van der Waals surface area contributed by atoms with Crippen molar-refractivity contribution in [1.82, 2.24) is 15.5 Å². The Hall–Kier alpha value is -2.24. The lowest BCUT2D eigenvalue weighted by Gasteiger charge is -2.28. The molecule has 1 rings (SSSR count). The Morgan fingerprint density at radius 3 is 2.34 bits per heavy atom. The molecular formula is C18H33N5O6. The molecule has 11 nitrogen and oxygen atoms in total. The highest BCUT2D eigenvalue weighted by Gasteiger charge is 2.37. The first-order chi connectivity index (χ1) is 13.6. The molecule has 0 spiro atoms. The number of aliphatic hydroxyl groups excluding tert-OH is 1. The number of likely N-dealkylation sites (tertiary alicyclic amines) is 1. The Labute approximate surface area is 170 Å². The van der Waals surface area contributed by atoms with Gasteiger partial charge in [-0.2, -0.15) is 0 Å². The predicted molar refractivity (Wildman–Crippen MR) is 104 cm³/mol. The number of unbranched alkanes of at least 4 members (excludes halogenated alkanes) is 1. The highest BCUT2D eigenvalue weighted by Crippen LogP contribution is 2.18. The van der Waals surface area contributed by atoms with Crippen LogP contribution in [-0.2, 0) is 19.2 Å². The lowest BCUT2D eigenvalue weighted by atomic mass is 10.1. The van der Waals surface area contributed by atoms with Crippen LogP contribution in [0.1, 0.15) is 46.0 Å². The molecule has 1 saturated heterocycles. The molecule has 1 fully saturated rings. The first-order valence-electron chi connectivity index (χ1n) is 9.87. The zero-order chi connectivity index (χ0) is 22.1. The fourth-order valence-electron chi connectivity index (χ4n) is 3.21. The molecule has 0 aromatic rings. The largest absolute Gasteiger partial charge is 0.480 e. The summed E-state index contributed by atoms with van der Waals surface area (Å²) in [6.07, 6.45) is 1.46. The van der Waals surface area contributed by atoms with Crippen molar-refractivity contribution in [1.29, 1.82) is 0 Å². The van der Waals surface area contributed by atoms with Crippen LogP contribution in [0.3, 0.4) is 0 Å². The van der Waals surface area contributed by atoms with E-state index < -0.39 is 54.0 Å². The molecule has 0 aromatic carbocycles. The maximum Gasteiger partial charge on any atom is 0.326 e. The minimum absolute atomic E-state index is 0.296. The monoisotopic (exact) mass is 415 g/mol. The summed E-state index contributed by atoms with van der Waals surface area (Å²) in [6.45, 7) is 3.54. The smallest absolute Gasteiger partial charge is 0.326 e. The van der Waals surface area contributed by atoms with Gasteiger partial charge in [0.2, 0.25) is 17.7 Å². The van der Waals surface area contributed by atoms with Crippen molar-refractivity contribution in [3.05, 3.63) is 0 Å². The van der Waals surface area contributed by atoms with Gasteiger partial charge in [0.05, 0.1) is 12.1 Å². The van der Waals surface area contributed by atoms with Gasteiger partial charge in [-0.05, 0) is 46.1 Å². The number of rotatable bonds is 11. The minimum Gasteiger partial charge on any atom is -0.480 e. The lowest BCUT2D eigenvalue weighted by molar-refractivity contribution is -0.149. The van der Waals surface area contributed by atoms with E-state index in [0.717, 1.165) is 6.42 Å². The molecule has 29 heavy (non-hydrogen) atoms. The molecule has 0 radical (unpaired) electrons. The third kappa shape index (κ3) is 7.26. The van der Waals surface area contributed by atoms with Crippen LogP contribution >= 0.6 is 0 Å². The van der Waals surface area contributed by atoms with Crippen LogP contribution in [0.15, 0.2) is 0 Å². The van der Waals surface area contributed by atoms with E-state index in [1.165, 1.54) is 18.7 Å². The second kappa shape index (κ2) is 11.7. The number of carboxylic acid groups (broad SMARTS) is 1. The zero-order valence-corrected chi connectivity index (χ0v) is 17.0. The van der Waals surface area contributed by atoms with Crippen LogP contribution < -0.4 is 22.1 Å². The molecule has 11 heteroatoms. The SMILES string of the molecule is CC(NC(=O)C(NC(=O)C(N)CCCCN)C(C)O)C(=O)N1CCCC1C(=O)O. The van der Waals surface area contributed by atoms with Crippen molar-refractivity contribution in [3.8, 4) is 0 Å². The van der Waals surface area contributed by atoms with Crippen molar-refractivity contribution in [3.63, 3.8) is 0 Å². The van der Waals surface area contributed by atoms with Crippen molar-refractivity contribution >= 4 is 23.7 Å². The Balaban J connectivity index is 2.68. The van der Waals surface area contributed by atoms with Gasteiger partial charge in [0.1, 0.15) is 18.1 Å². The quantitative estimate of drug-likeness (QED) is 0.207. The Morgan fingerprint density at radius 1 is 1.14 bits per heavy atom. The van der Waals surface area contributed by atoms with Crippen molar-refractivity contribution < 1.29 is 29.4 Å². The summed E-state index contributed by atoms with van der Waals surface area (Å²) < 4.78 is 0. The van der Waals surface area contributed by atoms with Crippen molar-refractivity contribution in [2.45, 2.75) is 76.2 Å². The number of hydrogen-bond acceptors (Lipinski definition) is 7. The van der Waals surface area contributed by atoms with Gasteiger partial charge in [0.25, 0.3) is 0 Å². The molecule has 1 aliphatic rings. The Bertz CT molecular complexity index is 599. The van der Waals surface area contributed by atoms with E-state index in [-0.39, 0.29) is 0 Å². The topological polar surface area (TPSA) is 188 Å². The van der Waals surface area contributed by atoms with E-state index in [2.05, 4.69) is 10.6 Å². The van der Waals surface area contributed by atoms with Crippen LogP contribution in [0.25, 0.3) is 0 Å². The number of amides is 3. The first-order valence-corrected chi connectivity index (χ1v) is 9.87. The molecule has 5 atom stereocenters. The summed E-state index contributed by atoms with van der Waals surface area (Å²) in [6, 6.07) is -4.08. The maximum atomic E-state index is 12.5.